The minimum absolute atomic E-state index is 0.0349. The molecular weight excluding hydrogens is 283 g/mol. The fourth-order valence-electron chi connectivity index (χ4n) is 1.66. The van der Waals surface area contributed by atoms with Gasteiger partial charge in [0.1, 0.15) is 6.54 Å². The quantitative estimate of drug-likeness (QED) is 0.918. The Bertz CT molecular complexity index is 475. The smallest absolute Gasteiger partial charge is 0.405 e. The van der Waals surface area contributed by atoms with Gasteiger partial charge in [-0.3, -0.25) is 0 Å². The lowest BCUT2D eigenvalue weighted by Gasteiger charge is -2.31. The van der Waals surface area contributed by atoms with Gasteiger partial charge in [-0.2, -0.15) is 13.2 Å². The molecule has 0 saturated carbocycles. The third-order valence-electron chi connectivity index (χ3n) is 2.47. The van der Waals surface area contributed by atoms with E-state index >= 15 is 0 Å². The second-order valence-electron chi connectivity index (χ2n) is 4.30. The number of hydrogen-bond donors (Lipinski definition) is 1. The maximum absolute atomic E-state index is 12.6. The number of halogens is 4. The van der Waals surface area contributed by atoms with Crippen LogP contribution in [0.5, 0.6) is 0 Å². The van der Waals surface area contributed by atoms with Crippen molar-refractivity contribution >= 4 is 23.3 Å². The number of carbonyl (C=O) groups is 1. The molecule has 0 saturated heterocycles. The van der Waals surface area contributed by atoms with Crippen LogP contribution in [-0.2, 0) is 0 Å². The molecule has 106 valence electrons. The number of carboxylic acid groups (broad SMARTS) is 1. The van der Waals surface area contributed by atoms with Crippen LogP contribution in [0.25, 0.3) is 0 Å². The van der Waals surface area contributed by atoms with Gasteiger partial charge in [-0.1, -0.05) is 11.6 Å². The number of nitrogens with zero attached hydrogens (tertiary/aromatic N) is 1. The Balaban J connectivity index is 3.29. The summed E-state index contributed by atoms with van der Waals surface area (Å²) in [4.78, 5) is 12.0. The van der Waals surface area contributed by atoms with Gasteiger partial charge in [-0.15, -0.1) is 0 Å². The van der Waals surface area contributed by atoms with E-state index in [-0.39, 0.29) is 16.3 Å². The highest BCUT2D eigenvalue weighted by Crippen LogP contribution is 2.29. The van der Waals surface area contributed by atoms with Crippen LogP contribution >= 0.6 is 11.6 Å². The topological polar surface area (TPSA) is 40.5 Å². The number of rotatable bonds is 4. The van der Waals surface area contributed by atoms with Crippen LogP contribution in [0.4, 0.5) is 18.9 Å². The molecule has 0 spiro atoms. The van der Waals surface area contributed by atoms with Gasteiger partial charge < -0.3 is 10.0 Å². The summed E-state index contributed by atoms with van der Waals surface area (Å²) in [6.07, 6.45) is -4.43. The fraction of sp³-hybridized carbons (Fsp3) is 0.417. The van der Waals surface area contributed by atoms with Crippen LogP contribution in [0.1, 0.15) is 24.2 Å². The van der Waals surface area contributed by atoms with E-state index in [4.69, 9.17) is 16.7 Å². The fourth-order valence-corrected chi connectivity index (χ4v) is 1.83. The molecule has 19 heavy (non-hydrogen) atoms. The van der Waals surface area contributed by atoms with Crippen LogP contribution in [-0.4, -0.2) is 29.8 Å². The average Bonchev–Trinajstić information content (AvgIpc) is 2.23. The first-order valence-corrected chi connectivity index (χ1v) is 5.86. The zero-order chi connectivity index (χ0) is 14.8. The lowest BCUT2D eigenvalue weighted by atomic mass is 10.1. The number of aromatic carboxylic acids is 1. The van der Waals surface area contributed by atoms with Gasteiger partial charge >= 0.3 is 12.1 Å². The summed E-state index contributed by atoms with van der Waals surface area (Å²) in [6, 6.07) is 3.25. The summed E-state index contributed by atoms with van der Waals surface area (Å²) in [7, 11) is 0. The lowest BCUT2D eigenvalue weighted by molar-refractivity contribution is -0.120. The van der Waals surface area contributed by atoms with Crippen molar-refractivity contribution in [2.24, 2.45) is 0 Å². The molecular formula is C12H13ClF3NO2. The Kier molecular flexibility index (Phi) is 4.68. The Morgan fingerprint density at radius 1 is 1.42 bits per heavy atom. The summed E-state index contributed by atoms with van der Waals surface area (Å²) < 4.78 is 37.7. The SMILES string of the molecule is CC(C)N(CC(F)(F)F)c1cc(Cl)ccc1C(=O)O. The normalized spacial score (nSPS) is 11.7. The minimum atomic E-state index is -4.43. The molecule has 0 radical (unpaired) electrons. The molecule has 0 heterocycles. The van der Waals surface area contributed by atoms with Crippen molar-refractivity contribution < 1.29 is 23.1 Å². The summed E-state index contributed by atoms with van der Waals surface area (Å²) in [5.74, 6) is -1.29. The predicted molar refractivity (Wildman–Crippen MR) is 66.9 cm³/mol. The van der Waals surface area contributed by atoms with Gasteiger partial charge in [-0.05, 0) is 32.0 Å². The number of hydrogen-bond acceptors (Lipinski definition) is 2. The number of anilines is 1. The maximum atomic E-state index is 12.6. The summed E-state index contributed by atoms with van der Waals surface area (Å²) in [5, 5.41) is 9.22. The van der Waals surface area contributed by atoms with Crippen LogP contribution in [0.2, 0.25) is 5.02 Å². The van der Waals surface area contributed by atoms with E-state index in [0.29, 0.717) is 0 Å². The Labute approximate surface area is 113 Å². The third kappa shape index (κ3) is 4.31. The van der Waals surface area contributed by atoms with Crippen LogP contribution in [0.15, 0.2) is 18.2 Å². The van der Waals surface area contributed by atoms with Crippen molar-refractivity contribution in [2.75, 3.05) is 11.4 Å². The first kappa shape index (κ1) is 15.6. The van der Waals surface area contributed by atoms with Crippen molar-refractivity contribution in [3.05, 3.63) is 28.8 Å². The predicted octanol–water partition coefficient (Wildman–Crippen LogP) is 3.82. The van der Waals surface area contributed by atoms with Gasteiger partial charge in [0.05, 0.1) is 11.3 Å². The Hall–Kier alpha value is -1.43. The lowest BCUT2D eigenvalue weighted by Crippen LogP contribution is -2.40. The molecule has 0 unspecified atom stereocenters. The monoisotopic (exact) mass is 295 g/mol. The second-order valence-corrected chi connectivity index (χ2v) is 4.74. The number of alkyl halides is 3. The van der Waals surface area contributed by atoms with Crippen molar-refractivity contribution in [1.82, 2.24) is 0 Å². The van der Waals surface area contributed by atoms with Crippen LogP contribution < -0.4 is 4.90 Å². The largest absolute Gasteiger partial charge is 0.478 e. The molecule has 1 rings (SSSR count). The highest BCUT2D eigenvalue weighted by atomic mass is 35.5. The number of carboxylic acids is 1. The molecule has 1 aromatic carbocycles. The van der Waals surface area contributed by atoms with Crippen LogP contribution in [0, 0.1) is 0 Å². The van der Waals surface area contributed by atoms with E-state index in [1.165, 1.54) is 18.2 Å². The molecule has 0 aliphatic rings. The molecule has 0 fully saturated rings. The van der Waals surface area contributed by atoms with Crippen molar-refractivity contribution in [1.29, 1.82) is 0 Å². The van der Waals surface area contributed by atoms with E-state index in [9.17, 15) is 18.0 Å². The zero-order valence-corrected chi connectivity index (χ0v) is 11.1. The Morgan fingerprint density at radius 3 is 2.42 bits per heavy atom. The van der Waals surface area contributed by atoms with Gasteiger partial charge in [0.15, 0.2) is 0 Å². The molecule has 0 amide bonds. The zero-order valence-electron chi connectivity index (χ0n) is 10.3. The molecule has 0 bridgehead atoms. The third-order valence-corrected chi connectivity index (χ3v) is 2.71. The molecule has 0 aliphatic carbocycles. The van der Waals surface area contributed by atoms with E-state index in [2.05, 4.69) is 0 Å². The molecule has 0 aromatic heterocycles. The highest BCUT2D eigenvalue weighted by molar-refractivity contribution is 6.31. The van der Waals surface area contributed by atoms with Gasteiger partial charge in [0, 0.05) is 11.1 Å². The first-order valence-electron chi connectivity index (χ1n) is 5.48. The molecule has 0 aliphatic heterocycles. The highest BCUT2D eigenvalue weighted by Gasteiger charge is 2.33. The summed E-state index contributed by atoms with van der Waals surface area (Å²) >= 11 is 5.74. The summed E-state index contributed by atoms with van der Waals surface area (Å²) in [6.45, 7) is 1.88. The molecule has 7 heteroatoms. The van der Waals surface area contributed by atoms with Crippen molar-refractivity contribution in [3.63, 3.8) is 0 Å². The Morgan fingerprint density at radius 2 is 2.00 bits per heavy atom. The average molecular weight is 296 g/mol. The van der Waals surface area contributed by atoms with E-state index in [1.54, 1.807) is 13.8 Å². The van der Waals surface area contributed by atoms with Crippen molar-refractivity contribution in [3.8, 4) is 0 Å². The summed E-state index contributed by atoms with van der Waals surface area (Å²) in [5.41, 5.74) is -0.241. The molecule has 0 atom stereocenters. The second kappa shape index (κ2) is 5.69. The molecule has 1 aromatic rings. The van der Waals surface area contributed by atoms with E-state index < -0.39 is 24.7 Å². The van der Waals surface area contributed by atoms with E-state index in [1.807, 2.05) is 0 Å². The standard InChI is InChI=1S/C12H13ClF3NO2/c1-7(2)17(6-12(14,15)16)10-5-8(13)3-4-9(10)11(18)19/h3-5,7H,6H2,1-2H3,(H,18,19). The maximum Gasteiger partial charge on any atom is 0.405 e. The van der Waals surface area contributed by atoms with Gasteiger partial charge in [0.2, 0.25) is 0 Å². The minimum Gasteiger partial charge on any atom is -0.478 e. The molecule has 1 N–H and O–H groups in total. The molecule has 3 nitrogen and oxygen atoms in total. The van der Waals surface area contributed by atoms with Gasteiger partial charge in [-0.25, -0.2) is 4.79 Å². The number of benzene rings is 1. The van der Waals surface area contributed by atoms with E-state index in [0.717, 1.165) is 4.90 Å². The van der Waals surface area contributed by atoms with Crippen molar-refractivity contribution in [2.45, 2.75) is 26.1 Å². The first-order chi connectivity index (χ1) is 8.61. The van der Waals surface area contributed by atoms with Crippen LogP contribution in [0.3, 0.4) is 0 Å². The van der Waals surface area contributed by atoms with Gasteiger partial charge in [0.25, 0.3) is 0 Å².